The molecule has 1 aliphatic heterocycles. The fourth-order valence-corrected chi connectivity index (χ4v) is 3.55. The Bertz CT molecular complexity index is 1000. The Balaban J connectivity index is 1.74. The summed E-state index contributed by atoms with van der Waals surface area (Å²) in [6.07, 6.45) is 1.73. The smallest absolute Gasteiger partial charge is 0.280 e. The van der Waals surface area contributed by atoms with Gasteiger partial charge in [-0.05, 0) is 42.5 Å². The molecule has 7 nitrogen and oxygen atoms in total. The standard InChI is InChI=1S/C19H16N4O3S/c1-22-18(17(21-19(22)27)13-7-4-5-11-20-13)16-10-9-15(26-16)12-6-2-3-8-14(12)23(24)25/h2-11,17-18H,1H3,(H,21,27)/t17-,18+/m0/s1. The van der Waals surface area contributed by atoms with Gasteiger partial charge in [-0.15, -0.1) is 0 Å². The van der Waals surface area contributed by atoms with Gasteiger partial charge in [0.2, 0.25) is 0 Å². The van der Waals surface area contributed by atoms with E-state index in [2.05, 4.69) is 10.3 Å². The molecule has 3 aromatic rings. The van der Waals surface area contributed by atoms with Crippen molar-refractivity contribution in [3.8, 4) is 11.3 Å². The van der Waals surface area contributed by atoms with Gasteiger partial charge in [-0.3, -0.25) is 15.1 Å². The minimum absolute atomic E-state index is 0.00750. The van der Waals surface area contributed by atoms with Gasteiger partial charge in [-0.1, -0.05) is 18.2 Å². The Hall–Kier alpha value is -3.26. The summed E-state index contributed by atoms with van der Waals surface area (Å²) in [6, 6.07) is 15.4. The number of likely N-dealkylation sites (N-methyl/N-ethyl adjacent to an activating group) is 1. The normalized spacial score (nSPS) is 19.1. The molecule has 1 fully saturated rings. The van der Waals surface area contributed by atoms with Crippen molar-refractivity contribution in [2.75, 3.05) is 7.05 Å². The van der Waals surface area contributed by atoms with Crippen LogP contribution < -0.4 is 5.32 Å². The van der Waals surface area contributed by atoms with Crippen LogP contribution >= 0.6 is 12.2 Å². The molecule has 27 heavy (non-hydrogen) atoms. The second-order valence-electron chi connectivity index (χ2n) is 6.21. The first-order valence-electron chi connectivity index (χ1n) is 8.34. The first-order chi connectivity index (χ1) is 13.1. The van der Waals surface area contributed by atoms with Crippen LogP contribution in [0.3, 0.4) is 0 Å². The van der Waals surface area contributed by atoms with E-state index >= 15 is 0 Å². The van der Waals surface area contributed by atoms with Gasteiger partial charge in [-0.25, -0.2) is 0 Å². The van der Waals surface area contributed by atoms with Crippen molar-refractivity contribution in [3.63, 3.8) is 0 Å². The third kappa shape index (κ3) is 3.04. The molecule has 0 unspecified atom stereocenters. The van der Waals surface area contributed by atoms with Crippen molar-refractivity contribution in [2.24, 2.45) is 0 Å². The molecule has 2 atom stereocenters. The number of thiocarbonyl (C=S) groups is 1. The van der Waals surface area contributed by atoms with E-state index in [1.165, 1.54) is 6.07 Å². The maximum Gasteiger partial charge on any atom is 0.280 e. The molecule has 1 saturated heterocycles. The van der Waals surface area contributed by atoms with Crippen LogP contribution in [0, 0.1) is 10.1 Å². The van der Waals surface area contributed by atoms with Crippen LogP contribution in [0.4, 0.5) is 5.69 Å². The predicted octanol–water partition coefficient (Wildman–Crippen LogP) is 3.85. The topological polar surface area (TPSA) is 84.4 Å². The molecule has 8 heteroatoms. The molecule has 0 amide bonds. The lowest BCUT2D eigenvalue weighted by atomic mass is 10.0. The average Bonchev–Trinajstić information content (AvgIpc) is 3.27. The SMILES string of the molecule is CN1C(=S)N[C@@H](c2ccccn2)[C@H]1c1ccc(-c2ccccc2[N+](=O)[O-])o1. The molecular formula is C19H16N4O3S. The van der Waals surface area contributed by atoms with E-state index in [0.717, 1.165) is 5.69 Å². The average molecular weight is 380 g/mol. The van der Waals surface area contributed by atoms with E-state index < -0.39 is 4.92 Å². The van der Waals surface area contributed by atoms with E-state index in [1.807, 2.05) is 36.2 Å². The van der Waals surface area contributed by atoms with Gasteiger partial charge in [-0.2, -0.15) is 0 Å². The lowest BCUT2D eigenvalue weighted by molar-refractivity contribution is -0.384. The van der Waals surface area contributed by atoms with Gasteiger partial charge in [0, 0.05) is 19.3 Å². The highest BCUT2D eigenvalue weighted by atomic mass is 32.1. The van der Waals surface area contributed by atoms with Crippen molar-refractivity contribution < 1.29 is 9.34 Å². The molecular weight excluding hydrogens is 364 g/mol. The van der Waals surface area contributed by atoms with Crippen LogP contribution in [0.2, 0.25) is 0 Å². The third-order valence-electron chi connectivity index (χ3n) is 4.62. The van der Waals surface area contributed by atoms with Gasteiger partial charge < -0.3 is 14.6 Å². The van der Waals surface area contributed by atoms with Crippen molar-refractivity contribution in [2.45, 2.75) is 12.1 Å². The quantitative estimate of drug-likeness (QED) is 0.418. The highest BCUT2D eigenvalue weighted by molar-refractivity contribution is 7.80. The van der Waals surface area contributed by atoms with Crippen LogP contribution in [0.25, 0.3) is 11.3 Å². The zero-order chi connectivity index (χ0) is 19.0. The molecule has 4 rings (SSSR count). The first kappa shape index (κ1) is 17.2. The fraction of sp³-hybridized carbons (Fsp3) is 0.158. The molecule has 1 aliphatic rings. The molecule has 0 bridgehead atoms. The lowest BCUT2D eigenvalue weighted by Gasteiger charge is -2.21. The lowest BCUT2D eigenvalue weighted by Crippen LogP contribution is -2.24. The first-order valence-corrected chi connectivity index (χ1v) is 8.75. The highest BCUT2D eigenvalue weighted by Crippen LogP contribution is 2.40. The second kappa shape index (κ2) is 6.81. The number of nitrogens with one attached hydrogen (secondary N) is 1. The number of hydrogen-bond acceptors (Lipinski definition) is 5. The summed E-state index contributed by atoms with van der Waals surface area (Å²) in [6.45, 7) is 0. The summed E-state index contributed by atoms with van der Waals surface area (Å²) in [7, 11) is 1.89. The molecule has 1 aromatic carbocycles. The molecule has 0 aliphatic carbocycles. The summed E-state index contributed by atoms with van der Waals surface area (Å²) in [5, 5.41) is 15.2. The number of aromatic nitrogens is 1. The molecule has 136 valence electrons. The predicted molar refractivity (Wildman–Crippen MR) is 104 cm³/mol. The monoisotopic (exact) mass is 380 g/mol. The van der Waals surface area contributed by atoms with E-state index in [9.17, 15) is 10.1 Å². The third-order valence-corrected chi connectivity index (χ3v) is 5.03. The Morgan fingerprint density at radius 1 is 1.19 bits per heavy atom. The number of nitrogens with zero attached hydrogens (tertiary/aromatic N) is 3. The second-order valence-corrected chi connectivity index (χ2v) is 6.60. The highest BCUT2D eigenvalue weighted by Gasteiger charge is 2.39. The summed E-state index contributed by atoms with van der Waals surface area (Å²) >= 11 is 5.41. The number of hydrogen-bond donors (Lipinski definition) is 1. The van der Waals surface area contributed by atoms with E-state index in [0.29, 0.717) is 22.2 Å². The van der Waals surface area contributed by atoms with Crippen molar-refractivity contribution >= 4 is 23.0 Å². The summed E-state index contributed by atoms with van der Waals surface area (Å²) in [5.74, 6) is 1.11. The minimum Gasteiger partial charge on any atom is -0.459 e. The number of pyridine rings is 1. The number of para-hydroxylation sites is 1. The van der Waals surface area contributed by atoms with Crippen molar-refractivity contribution in [3.05, 3.63) is 82.4 Å². The zero-order valence-electron chi connectivity index (χ0n) is 14.4. The largest absolute Gasteiger partial charge is 0.459 e. The number of benzene rings is 1. The fourth-order valence-electron chi connectivity index (χ4n) is 3.31. The number of nitro groups is 1. The molecule has 0 saturated carbocycles. The van der Waals surface area contributed by atoms with E-state index in [1.54, 1.807) is 30.5 Å². The molecule has 0 radical (unpaired) electrons. The van der Waals surface area contributed by atoms with Gasteiger partial charge in [0.05, 0.1) is 22.2 Å². The van der Waals surface area contributed by atoms with Gasteiger partial charge in [0.25, 0.3) is 5.69 Å². The Morgan fingerprint density at radius 3 is 2.70 bits per heavy atom. The molecule has 2 aromatic heterocycles. The Kier molecular flexibility index (Phi) is 4.33. The number of nitro benzene ring substituents is 1. The van der Waals surface area contributed by atoms with E-state index in [4.69, 9.17) is 16.6 Å². The number of furan rings is 1. The van der Waals surface area contributed by atoms with Gasteiger partial charge >= 0.3 is 0 Å². The summed E-state index contributed by atoms with van der Waals surface area (Å²) in [4.78, 5) is 17.2. The van der Waals surface area contributed by atoms with Gasteiger partial charge in [0.1, 0.15) is 17.6 Å². The number of rotatable bonds is 4. The minimum atomic E-state index is -0.410. The van der Waals surface area contributed by atoms with Crippen LogP contribution in [-0.2, 0) is 0 Å². The van der Waals surface area contributed by atoms with Crippen LogP contribution in [0.5, 0.6) is 0 Å². The maximum absolute atomic E-state index is 11.3. The zero-order valence-corrected chi connectivity index (χ0v) is 15.2. The van der Waals surface area contributed by atoms with Crippen LogP contribution in [0.1, 0.15) is 23.5 Å². The maximum atomic E-state index is 11.3. The van der Waals surface area contributed by atoms with Crippen molar-refractivity contribution in [1.29, 1.82) is 0 Å². The molecule has 1 N–H and O–H groups in total. The molecule has 3 heterocycles. The van der Waals surface area contributed by atoms with E-state index in [-0.39, 0.29) is 17.8 Å². The van der Waals surface area contributed by atoms with Gasteiger partial charge in [0.15, 0.2) is 5.11 Å². The van der Waals surface area contributed by atoms with Crippen molar-refractivity contribution in [1.82, 2.24) is 15.2 Å². The Labute approximate surface area is 160 Å². The Morgan fingerprint density at radius 2 is 1.96 bits per heavy atom. The van der Waals surface area contributed by atoms with Crippen LogP contribution in [0.15, 0.2) is 65.2 Å². The molecule has 0 spiro atoms. The van der Waals surface area contributed by atoms with Crippen LogP contribution in [-0.4, -0.2) is 27.0 Å². The summed E-state index contributed by atoms with van der Waals surface area (Å²) < 4.78 is 6.04. The summed E-state index contributed by atoms with van der Waals surface area (Å²) in [5.41, 5.74) is 1.30.